The van der Waals surface area contributed by atoms with E-state index in [9.17, 15) is 4.79 Å². The van der Waals surface area contributed by atoms with Gasteiger partial charge in [-0.2, -0.15) is 0 Å². The SMILES string of the molecule is COc1ccc2[nH]c3c(c2c1)CC(NC(=O)c1ccc(C)cc1)CC3. The van der Waals surface area contributed by atoms with Gasteiger partial charge in [-0.25, -0.2) is 0 Å². The summed E-state index contributed by atoms with van der Waals surface area (Å²) in [6.07, 6.45) is 2.75. The molecule has 0 aliphatic heterocycles. The lowest BCUT2D eigenvalue weighted by Crippen LogP contribution is -2.38. The number of H-pyrrole nitrogens is 1. The van der Waals surface area contributed by atoms with Gasteiger partial charge < -0.3 is 15.0 Å². The second-order valence-electron chi connectivity index (χ2n) is 6.77. The van der Waals surface area contributed by atoms with E-state index in [0.29, 0.717) is 0 Å². The number of aryl methyl sites for hydroxylation is 2. The number of carbonyl (C=O) groups is 1. The summed E-state index contributed by atoms with van der Waals surface area (Å²) in [6.45, 7) is 2.02. The number of hydrogen-bond donors (Lipinski definition) is 2. The fraction of sp³-hybridized carbons (Fsp3) is 0.286. The number of aromatic nitrogens is 1. The minimum absolute atomic E-state index is 0.00544. The maximum Gasteiger partial charge on any atom is 0.251 e. The van der Waals surface area contributed by atoms with Gasteiger partial charge in [-0.3, -0.25) is 4.79 Å². The van der Waals surface area contributed by atoms with E-state index >= 15 is 0 Å². The minimum atomic E-state index is 0.00544. The Kier molecular flexibility index (Phi) is 3.96. The molecule has 0 radical (unpaired) electrons. The predicted molar refractivity (Wildman–Crippen MR) is 99.3 cm³/mol. The van der Waals surface area contributed by atoms with Crippen molar-refractivity contribution in [1.29, 1.82) is 0 Å². The molecule has 4 heteroatoms. The molecule has 1 heterocycles. The Hall–Kier alpha value is -2.75. The number of aromatic amines is 1. The molecule has 0 saturated carbocycles. The Morgan fingerprint density at radius 1 is 1.20 bits per heavy atom. The van der Waals surface area contributed by atoms with Crippen LogP contribution in [-0.2, 0) is 12.8 Å². The molecular weight excluding hydrogens is 312 g/mol. The standard InChI is InChI=1S/C21H22N2O2/c1-13-3-5-14(6-4-13)21(24)22-15-7-9-19-17(11-15)18-12-16(25-2)8-10-20(18)23-19/h3-6,8,10,12,15,23H,7,9,11H2,1-2H3,(H,22,24). The Balaban J connectivity index is 1.55. The van der Waals surface area contributed by atoms with Gasteiger partial charge >= 0.3 is 0 Å². The van der Waals surface area contributed by atoms with Gasteiger partial charge in [0.05, 0.1) is 7.11 Å². The van der Waals surface area contributed by atoms with E-state index in [1.165, 1.54) is 16.6 Å². The molecule has 4 rings (SSSR count). The third kappa shape index (κ3) is 3.00. The zero-order chi connectivity index (χ0) is 17.4. The van der Waals surface area contributed by atoms with Crippen molar-refractivity contribution in [1.82, 2.24) is 10.3 Å². The minimum Gasteiger partial charge on any atom is -0.497 e. The van der Waals surface area contributed by atoms with Gasteiger partial charge in [0.1, 0.15) is 5.75 Å². The van der Waals surface area contributed by atoms with Crippen molar-refractivity contribution in [2.45, 2.75) is 32.2 Å². The summed E-state index contributed by atoms with van der Waals surface area (Å²) in [5, 5.41) is 4.39. The molecule has 25 heavy (non-hydrogen) atoms. The molecule has 3 aromatic rings. The summed E-state index contributed by atoms with van der Waals surface area (Å²) in [7, 11) is 1.69. The van der Waals surface area contributed by atoms with Gasteiger partial charge in [0, 0.05) is 28.2 Å². The van der Waals surface area contributed by atoms with Crippen LogP contribution in [0.3, 0.4) is 0 Å². The number of benzene rings is 2. The molecule has 4 nitrogen and oxygen atoms in total. The maximum absolute atomic E-state index is 12.5. The Morgan fingerprint density at radius 3 is 2.76 bits per heavy atom. The second-order valence-corrected chi connectivity index (χ2v) is 6.77. The van der Waals surface area contributed by atoms with Crippen LogP contribution < -0.4 is 10.1 Å². The zero-order valence-corrected chi connectivity index (χ0v) is 14.6. The Labute approximate surface area is 147 Å². The molecular formula is C21H22N2O2. The number of methoxy groups -OCH3 is 1. The molecule has 0 fully saturated rings. The van der Waals surface area contributed by atoms with Crippen molar-refractivity contribution in [2.75, 3.05) is 7.11 Å². The fourth-order valence-electron chi connectivity index (χ4n) is 3.62. The number of fused-ring (bicyclic) bond motifs is 3. The summed E-state index contributed by atoms with van der Waals surface area (Å²) in [4.78, 5) is 16.0. The van der Waals surface area contributed by atoms with E-state index in [1.807, 2.05) is 37.3 Å². The lowest BCUT2D eigenvalue weighted by Gasteiger charge is -2.23. The fourth-order valence-corrected chi connectivity index (χ4v) is 3.62. The summed E-state index contributed by atoms with van der Waals surface area (Å²) < 4.78 is 5.36. The highest BCUT2D eigenvalue weighted by Gasteiger charge is 2.24. The smallest absolute Gasteiger partial charge is 0.251 e. The van der Waals surface area contributed by atoms with Crippen LogP contribution in [0, 0.1) is 6.92 Å². The van der Waals surface area contributed by atoms with Crippen molar-refractivity contribution in [2.24, 2.45) is 0 Å². The Morgan fingerprint density at radius 2 is 2.00 bits per heavy atom. The first-order chi connectivity index (χ1) is 12.1. The summed E-state index contributed by atoms with van der Waals surface area (Å²) in [5.74, 6) is 0.867. The summed E-state index contributed by atoms with van der Waals surface area (Å²) in [6, 6.07) is 14.0. The maximum atomic E-state index is 12.5. The van der Waals surface area contributed by atoms with Crippen LogP contribution in [0.5, 0.6) is 5.75 Å². The van der Waals surface area contributed by atoms with Crippen LogP contribution in [0.15, 0.2) is 42.5 Å². The molecule has 2 aromatic carbocycles. The topological polar surface area (TPSA) is 54.1 Å². The lowest BCUT2D eigenvalue weighted by atomic mass is 9.91. The lowest BCUT2D eigenvalue weighted by molar-refractivity contribution is 0.0933. The molecule has 0 bridgehead atoms. The van der Waals surface area contributed by atoms with Crippen molar-refractivity contribution in [3.63, 3.8) is 0 Å². The normalized spacial score (nSPS) is 16.5. The third-order valence-electron chi connectivity index (χ3n) is 5.04. The number of nitrogens with one attached hydrogen (secondary N) is 2. The summed E-state index contributed by atoms with van der Waals surface area (Å²) in [5.41, 5.74) is 5.60. The number of amides is 1. The van der Waals surface area contributed by atoms with Crippen LogP contribution >= 0.6 is 0 Å². The van der Waals surface area contributed by atoms with Gasteiger partial charge in [0.2, 0.25) is 0 Å². The van der Waals surface area contributed by atoms with Crippen molar-refractivity contribution >= 4 is 16.8 Å². The largest absolute Gasteiger partial charge is 0.497 e. The van der Waals surface area contributed by atoms with Crippen LogP contribution in [0.2, 0.25) is 0 Å². The zero-order valence-electron chi connectivity index (χ0n) is 14.6. The first kappa shape index (κ1) is 15.8. The highest BCUT2D eigenvalue weighted by molar-refractivity contribution is 5.94. The molecule has 0 spiro atoms. The monoisotopic (exact) mass is 334 g/mol. The number of rotatable bonds is 3. The molecule has 1 atom stereocenters. The summed E-state index contributed by atoms with van der Waals surface area (Å²) >= 11 is 0. The molecule has 1 aromatic heterocycles. The average Bonchev–Trinajstić information content (AvgIpc) is 2.99. The van der Waals surface area contributed by atoms with Crippen molar-refractivity contribution in [3.05, 3.63) is 64.8 Å². The van der Waals surface area contributed by atoms with E-state index in [2.05, 4.69) is 22.4 Å². The molecule has 1 unspecified atom stereocenters. The van der Waals surface area contributed by atoms with Crippen LogP contribution in [-0.4, -0.2) is 24.0 Å². The second kappa shape index (κ2) is 6.28. The van der Waals surface area contributed by atoms with Crippen LogP contribution in [0.25, 0.3) is 10.9 Å². The van der Waals surface area contributed by atoms with Crippen LogP contribution in [0.4, 0.5) is 0 Å². The third-order valence-corrected chi connectivity index (χ3v) is 5.04. The van der Waals surface area contributed by atoms with Gasteiger partial charge in [0.25, 0.3) is 5.91 Å². The molecule has 1 aliphatic rings. The van der Waals surface area contributed by atoms with Gasteiger partial charge in [0.15, 0.2) is 0 Å². The average molecular weight is 334 g/mol. The number of hydrogen-bond acceptors (Lipinski definition) is 2. The van der Waals surface area contributed by atoms with E-state index in [-0.39, 0.29) is 11.9 Å². The highest BCUT2D eigenvalue weighted by atomic mass is 16.5. The van der Waals surface area contributed by atoms with E-state index in [1.54, 1.807) is 7.11 Å². The van der Waals surface area contributed by atoms with Gasteiger partial charge in [-0.1, -0.05) is 17.7 Å². The highest BCUT2D eigenvalue weighted by Crippen LogP contribution is 2.31. The van der Waals surface area contributed by atoms with E-state index in [0.717, 1.165) is 41.7 Å². The quantitative estimate of drug-likeness (QED) is 0.766. The molecule has 128 valence electrons. The number of ether oxygens (including phenoxy) is 1. The molecule has 1 aliphatic carbocycles. The predicted octanol–water partition coefficient (Wildman–Crippen LogP) is 3.77. The first-order valence-corrected chi connectivity index (χ1v) is 8.69. The van der Waals surface area contributed by atoms with Gasteiger partial charge in [-0.15, -0.1) is 0 Å². The first-order valence-electron chi connectivity index (χ1n) is 8.69. The van der Waals surface area contributed by atoms with E-state index < -0.39 is 0 Å². The van der Waals surface area contributed by atoms with E-state index in [4.69, 9.17) is 4.74 Å². The molecule has 0 saturated heterocycles. The Bertz CT molecular complexity index is 925. The van der Waals surface area contributed by atoms with Crippen LogP contribution in [0.1, 0.15) is 33.6 Å². The number of carbonyl (C=O) groups excluding carboxylic acids is 1. The molecule has 2 N–H and O–H groups in total. The van der Waals surface area contributed by atoms with Gasteiger partial charge in [-0.05, 0) is 62.1 Å². The van der Waals surface area contributed by atoms with Crippen molar-refractivity contribution < 1.29 is 9.53 Å². The van der Waals surface area contributed by atoms with Crippen molar-refractivity contribution in [3.8, 4) is 5.75 Å². The molecule has 1 amide bonds.